The van der Waals surface area contributed by atoms with E-state index in [-0.39, 0.29) is 6.10 Å². The Morgan fingerprint density at radius 2 is 2.05 bits per heavy atom. The first-order chi connectivity index (χ1) is 8.99. The zero-order valence-electron chi connectivity index (χ0n) is 12.6. The van der Waals surface area contributed by atoms with Crippen LogP contribution in [-0.2, 0) is 6.54 Å². The second kappa shape index (κ2) is 8.12. The molecule has 0 fully saturated rings. The van der Waals surface area contributed by atoms with Crippen LogP contribution in [0.5, 0.6) is 0 Å². The normalized spacial score (nSPS) is 12.7. The fourth-order valence-electron chi connectivity index (χ4n) is 1.75. The molecule has 19 heavy (non-hydrogen) atoms. The molecule has 1 unspecified atom stereocenters. The van der Waals surface area contributed by atoms with E-state index in [1.807, 2.05) is 26.2 Å². The second-order valence-corrected chi connectivity index (χ2v) is 5.61. The van der Waals surface area contributed by atoms with Crippen molar-refractivity contribution in [2.45, 2.75) is 39.8 Å². The molecule has 0 radical (unpaired) electrons. The quantitative estimate of drug-likeness (QED) is 0.755. The van der Waals surface area contributed by atoms with Gasteiger partial charge in [-0.3, -0.25) is 0 Å². The lowest BCUT2D eigenvalue weighted by Crippen LogP contribution is -2.23. The lowest BCUT2D eigenvalue weighted by Gasteiger charge is -2.19. The molecule has 4 heteroatoms. The summed E-state index contributed by atoms with van der Waals surface area (Å²) in [5, 5.41) is 12.7. The van der Waals surface area contributed by atoms with Crippen molar-refractivity contribution in [1.82, 2.24) is 10.3 Å². The van der Waals surface area contributed by atoms with Gasteiger partial charge in [-0.25, -0.2) is 4.98 Å². The van der Waals surface area contributed by atoms with Crippen LogP contribution >= 0.6 is 0 Å². The monoisotopic (exact) mass is 265 g/mol. The molecule has 0 amide bonds. The molecule has 1 aromatic heterocycles. The van der Waals surface area contributed by atoms with Gasteiger partial charge in [0.25, 0.3) is 0 Å². The Kier molecular flexibility index (Phi) is 6.81. The van der Waals surface area contributed by atoms with Gasteiger partial charge < -0.3 is 15.3 Å². The van der Waals surface area contributed by atoms with Crippen LogP contribution in [0, 0.1) is 5.92 Å². The van der Waals surface area contributed by atoms with Crippen molar-refractivity contribution in [2.24, 2.45) is 5.92 Å². The molecule has 1 rings (SSSR count). The number of aliphatic hydroxyl groups is 1. The van der Waals surface area contributed by atoms with Gasteiger partial charge >= 0.3 is 0 Å². The van der Waals surface area contributed by atoms with Crippen molar-refractivity contribution in [3.8, 4) is 0 Å². The summed E-state index contributed by atoms with van der Waals surface area (Å²) >= 11 is 0. The zero-order chi connectivity index (χ0) is 14.3. The number of hydrogen-bond acceptors (Lipinski definition) is 4. The predicted octanol–water partition coefficient (Wildman–Crippen LogP) is 2.03. The lowest BCUT2D eigenvalue weighted by molar-refractivity contribution is 0.187. The van der Waals surface area contributed by atoms with E-state index < -0.39 is 0 Å². The molecular formula is C15H27N3O. The van der Waals surface area contributed by atoms with Crippen LogP contribution in [0.3, 0.4) is 0 Å². The second-order valence-electron chi connectivity index (χ2n) is 5.61. The van der Waals surface area contributed by atoms with Gasteiger partial charge in [-0.05, 0) is 37.4 Å². The highest BCUT2D eigenvalue weighted by atomic mass is 16.3. The third-order valence-corrected chi connectivity index (χ3v) is 2.96. The Bertz CT molecular complexity index is 349. The molecule has 0 aliphatic rings. The Morgan fingerprint density at radius 3 is 2.58 bits per heavy atom. The molecule has 4 nitrogen and oxygen atoms in total. The van der Waals surface area contributed by atoms with Crippen LogP contribution in [-0.4, -0.2) is 36.3 Å². The van der Waals surface area contributed by atoms with E-state index >= 15 is 0 Å². The molecular weight excluding hydrogens is 238 g/mol. The van der Waals surface area contributed by atoms with Crippen molar-refractivity contribution >= 4 is 5.82 Å². The van der Waals surface area contributed by atoms with Gasteiger partial charge in [-0.2, -0.15) is 0 Å². The summed E-state index contributed by atoms with van der Waals surface area (Å²) in [7, 11) is 2.00. The molecule has 0 spiro atoms. The van der Waals surface area contributed by atoms with Crippen molar-refractivity contribution in [1.29, 1.82) is 0 Å². The number of aliphatic hydroxyl groups excluding tert-OH is 1. The van der Waals surface area contributed by atoms with Gasteiger partial charge in [-0.1, -0.05) is 19.9 Å². The minimum Gasteiger partial charge on any atom is -0.393 e. The SMILES string of the molecule is CC(C)CNCc1ccc(N(C)CCC(C)O)nc1. The van der Waals surface area contributed by atoms with Gasteiger partial charge in [0, 0.05) is 26.3 Å². The largest absolute Gasteiger partial charge is 0.393 e. The number of nitrogens with one attached hydrogen (secondary N) is 1. The molecule has 0 aromatic carbocycles. The summed E-state index contributed by atoms with van der Waals surface area (Å²) in [6.07, 6.45) is 2.42. The standard InChI is InChI=1S/C15H27N3O/c1-12(2)9-16-10-14-5-6-15(17-11-14)18(4)8-7-13(3)19/h5-6,11-13,16,19H,7-10H2,1-4H3. The van der Waals surface area contributed by atoms with E-state index in [1.165, 1.54) is 5.56 Å². The highest BCUT2D eigenvalue weighted by molar-refractivity contribution is 5.38. The van der Waals surface area contributed by atoms with Crippen molar-refractivity contribution in [3.05, 3.63) is 23.9 Å². The third-order valence-electron chi connectivity index (χ3n) is 2.96. The van der Waals surface area contributed by atoms with Crippen molar-refractivity contribution in [2.75, 3.05) is 25.0 Å². The fraction of sp³-hybridized carbons (Fsp3) is 0.667. The summed E-state index contributed by atoms with van der Waals surface area (Å²) < 4.78 is 0. The first kappa shape index (κ1) is 15.9. The molecule has 1 atom stereocenters. The average Bonchev–Trinajstić information content (AvgIpc) is 2.36. The summed E-state index contributed by atoms with van der Waals surface area (Å²) in [5.74, 6) is 1.62. The van der Waals surface area contributed by atoms with Crippen LogP contribution in [0.2, 0.25) is 0 Å². The Labute approximate surface area is 116 Å². The fourth-order valence-corrected chi connectivity index (χ4v) is 1.75. The zero-order valence-corrected chi connectivity index (χ0v) is 12.6. The molecule has 0 saturated heterocycles. The van der Waals surface area contributed by atoms with Crippen molar-refractivity contribution < 1.29 is 5.11 Å². The number of aromatic nitrogens is 1. The summed E-state index contributed by atoms with van der Waals surface area (Å²) in [6.45, 7) is 8.91. The van der Waals surface area contributed by atoms with Crippen LogP contribution in [0.15, 0.2) is 18.3 Å². The summed E-state index contributed by atoms with van der Waals surface area (Å²) in [4.78, 5) is 6.53. The number of pyridine rings is 1. The van der Waals surface area contributed by atoms with E-state index in [0.717, 1.165) is 31.9 Å². The Morgan fingerprint density at radius 1 is 1.32 bits per heavy atom. The van der Waals surface area contributed by atoms with Crippen LogP contribution in [0.1, 0.15) is 32.8 Å². The van der Waals surface area contributed by atoms with E-state index in [2.05, 4.69) is 35.1 Å². The molecule has 0 aliphatic heterocycles. The maximum Gasteiger partial charge on any atom is 0.128 e. The highest BCUT2D eigenvalue weighted by Crippen LogP contribution is 2.10. The van der Waals surface area contributed by atoms with Crippen LogP contribution in [0.25, 0.3) is 0 Å². The van der Waals surface area contributed by atoms with Gasteiger partial charge in [0.15, 0.2) is 0 Å². The third kappa shape index (κ3) is 6.55. The van der Waals surface area contributed by atoms with E-state index in [4.69, 9.17) is 0 Å². The Hall–Kier alpha value is -1.13. The molecule has 0 aliphatic carbocycles. The number of nitrogens with zero attached hydrogens (tertiary/aromatic N) is 2. The van der Waals surface area contributed by atoms with E-state index in [1.54, 1.807) is 0 Å². The highest BCUT2D eigenvalue weighted by Gasteiger charge is 2.04. The molecule has 0 bridgehead atoms. The van der Waals surface area contributed by atoms with Gasteiger partial charge in [-0.15, -0.1) is 0 Å². The molecule has 0 saturated carbocycles. The van der Waals surface area contributed by atoms with Crippen LogP contribution in [0.4, 0.5) is 5.82 Å². The summed E-state index contributed by atoms with van der Waals surface area (Å²) in [6, 6.07) is 4.14. The maximum atomic E-state index is 9.28. The van der Waals surface area contributed by atoms with Gasteiger partial charge in [0.05, 0.1) is 6.10 Å². The summed E-state index contributed by atoms with van der Waals surface area (Å²) in [5.41, 5.74) is 1.20. The Balaban J connectivity index is 2.42. The first-order valence-electron chi connectivity index (χ1n) is 7.04. The van der Waals surface area contributed by atoms with Gasteiger partial charge in [0.1, 0.15) is 5.82 Å². The predicted molar refractivity (Wildman–Crippen MR) is 80.3 cm³/mol. The smallest absolute Gasteiger partial charge is 0.128 e. The molecule has 2 N–H and O–H groups in total. The lowest BCUT2D eigenvalue weighted by atomic mass is 10.2. The number of rotatable bonds is 8. The number of hydrogen-bond donors (Lipinski definition) is 2. The van der Waals surface area contributed by atoms with Crippen LogP contribution < -0.4 is 10.2 Å². The molecule has 1 aromatic rings. The minimum atomic E-state index is -0.262. The number of anilines is 1. The van der Waals surface area contributed by atoms with E-state index in [0.29, 0.717) is 5.92 Å². The molecule has 1 heterocycles. The average molecular weight is 265 g/mol. The molecule has 108 valence electrons. The minimum absolute atomic E-state index is 0.262. The van der Waals surface area contributed by atoms with Gasteiger partial charge in [0.2, 0.25) is 0 Å². The maximum absolute atomic E-state index is 9.28. The van der Waals surface area contributed by atoms with E-state index in [9.17, 15) is 5.11 Å². The van der Waals surface area contributed by atoms with Crippen molar-refractivity contribution in [3.63, 3.8) is 0 Å². The first-order valence-corrected chi connectivity index (χ1v) is 7.04. The topological polar surface area (TPSA) is 48.4 Å².